The van der Waals surface area contributed by atoms with Crippen LogP contribution in [0, 0.1) is 0 Å². The topological polar surface area (TPSA) is 52.3 Å². The summed E-state index contributed by atoms with van der Waals surface area (Å²) in [6, 6.07) is 5.85. The van der Waals surface area contributed by atoms with Gasteiger partial charge in [-0.3, -0.25) is 0 Å². The van der Waals surface area contributed by atoms with E-state index in [1.54, 1.807) is 6.07 Å². The van der Waals surface area contributed by atoms with Crippen LogP contribution in [0.1, 0.15) is 21.5 Å². The molecule has 3 heteroatoms. The maximum atomic E-state index is 11.2. The van der Waals surface area contributed by atoms with E-state index in [0.717, 1.165) is 12.8 Å². The van der Waals surface area contributed by atoms with Crippen molar-refractivity contribution in [3.63, 3.8) is 0 Å². The van der Waals surface area contributed by atoms with E-state index in [0.29, 0.717) is 5.56 Å². The van der Waals surface area contributed by atoms with Crippen molar-refractivity contribution in [2.24, 2.45) is 5.73 Å². The molecule has 0 bridgehead atoms. The molecule has 3 nitrogen and oxygen atoms in total. The van der Waals surface area contributed by atoms with Gasteiger partial charge in [0.15, 0.2) is 0 Å². The quantitative estimate of drug-likeness (QED) is 0.671. The lowest BCUT2D eigenvalue weighted by atomic mass is 10.1. The lowest BCUT2D eigenvalue weighted by Gasteiger charge is -2.02. The molecule has 1 aromatic rings. The van der Waals surface area contributed by atoms with Gasteiger partial charge in [-0.1, -0.05) is 6.07 Å². The van der Waals surface area contributed by atoms with E-state index in [2.05, 4.69) is 4.74 Å². The van der Waals surface area contributed by atoms with Gasteiger partial charge in [-0.05, 0) is 36.1 Å². The molecule has 74 valence electrons. The van der Waals surface area contributed by atoms with Gasteiger partial charge < -0.3 is 10.5 Å². The second-order valence-electron chi connectivity index (χ2n) is 3.64. The lowest BCUT2D eigenvalue weighted by Crippen LogP contribution is -2.19. The molecule has 1 atom stereocenters. The zero-order valence-electron chi connectivity index (χ0n) is 8.12. The molecular weight excluding hydrogens is 178 g/mol. The SMILES string of the molecule is COC(=O)c1ccc2c(c1)CC(N)C2. The van der Waals surface area contributed by atoms with Crippen molar-refractivity contribution in [2.45, 2.75) is 18.9 Å². The molecule has 1 aliphatic carbocycles. The fourth-order valence-electron chi connectivity index (χ4n) is 1.90. The van der Waals surface area contributed by atoms with Gasteiger partial charge in [0.05, 0.1) is 12.7 Å². The summed E-state index contributed by atoms with van der Waals surface area (Å²) in [5.74, 6) is -0.284. The third-order valence-corrected chi connectivity index (χ3v) is 2.59. The zero-order chi connectivity index (χ0) is 10.1. The molecule has 2 N–H and O–H groups in total. The van der Waals surface area contributed by atoms with Crippen LogP contribution in [0.25, 0.3) is 0 Å². The van der Waals surface area contributed by atoms with Gasteiger partial charge in [-0.15, -0.1) is 0 Å². The Morgan fingerprint density at radius 2 is 2.14 bits per heavy atom. The van der Waals surface area contributed by atoms with Crippen LogP contribution < -0.4 is 5.73 Å². The molecule has 0 spiro atoms. The van der Waals surface area contributed by atoms with Crippen molar-refractivity contribution in [3.05, 3.63) is 34.9 Å². The summed E-state index contributed by atoms with van der Waals surface area (Å²) in [6.45, 7) is 0. The summed E-state index contributed by atoms with van der Waals surface area (Å²) in [5.41, 5.74) is 8.87. The van der Waals surface area contributed by atoms with Crippen LogP contribution in [0.3, 0.4) is 0 Å². The molecule has 0 fully saturated rings. The molecule has 1 aliphatic rings. The van der Waals surface area contributed by atoms with E-state index in [1.165, 1.54) is 18.2 Å². The normalized spacial score (nSPS) is 19.1. The number of hydrogen-bond acceptors (Lipinski definition) is 3. The second kappa shape index (κ2) is 3.42. The maximum absolute atomic E-state index is 11.2. The zero-order valence-corrected chi connectivity index (χ0v) is 8.12. The average Bonchev–Trinajstić information content (AvgIpc) is 2.55. The number of ether oxygens (including phenoxy) is 1. The summed E-state index contributed by atoms with van der Waals surface area (Å²) in [7, 11) is 1.39. The number of fused-ring (bicyclic) bond motifs is 1. The maximum Gasteiger partial charge on any atom is 0.337 e. The van der Waals surface area contributed by atoms with E-state index >= 15 is 0 Å². The fraction of sp³-hybridized carbons (Fsp3) is 0.364. The van der Waals surface area contributed by atoms with Gasteiger partial charge in [-0.2, -0.15) is 0 Å². The van der Waals surface area contributed by atoms with Crippen molar-refractivity contribution in [1.29, 1.82) is 0 Å². The van der Waals surface area contributed by atoms with E-state index in [1.807, 2.05) is 12.1 Å². The van der Waals surface area contributed by atoms with Crippen molar-refractivity contribution in [1.82, 2.24) is 0 Å². The van der Waals surface area contributed by atoms with E-state index in [-0.39, 0.29) is 12.0 Å². The number of esters is 1. The summed E-state index contributed by atoms with van der Waals surface area (Å²) in [4.78, 5) is 11.2. The molecule has 0 saturated heterocycles. The summed E-state index contributed by atoms with van der Waals surface area (Å²) in [5, 5.41) is 0. The van der Waals surface area contributed by atoms with Crippen molar-refractivity contribution in [2.75, 3.05) is 7.11 Å². The standard InChI is InChI=1S/C11H13NO2/c1-14-11(13)8-3-2-7-5-10(12)6-9(7)4-8/h2-4,10H,5-6,12H2,1H3. The minimum Gasteiger partial charge on any atom is -0.465 e. The first-order valence-electron chi connectivity index (χ1n) is 4.66. The molecule has 2 rings (SSSR count). The molecular formula is C11H13NO2. The number of hydrogen-bond donors (Lipinski definition) is 1. The monoisotopic (exact) mass is 191 g/mol. The van der Waals surface area contributed by atoms with Crippen molar-refractivity contribution >= 4 is 5.97 Å². The molecule has 0 aliphatic heterocycles. The Morgan fingerprint density at radius 3 is 2.86 bits per heavy atom. The smallest absolute Gasteiger partial charge is 0.337 e. The minimum atomic E-state index is -0.284. The Morgan fingerprint density at radius 1 is 1.43 bits per heavy atom. The molecule has 0 saturated carbocycles. The van der Waals surface area contributed by atoms with Crippen LogP contribution >= 0.6 is 0 Å². The van der Waals surface area contributed by atoms with E-state index in [4.69, 9.17) is 5.73 Å². The summed E-state index contributed by atoms with van der Waals surface area (Å²) in [6.07, 6.45) is 1.77. The summed E-state index contributed by atoms with van der Waals surface area (Å²) >= 11 is 0. The van der Waals surface area contributed by atoms with Crippen LogP contribution in [0.15, 0.2) is 18.2 Å². The van der Waals surface area contributed by atoms with Gasteiger partial charge in [0.1, 0.15) is 0 Å². The van der Waals surface area contributed by atoms with Crippen LogP contribution in [-0.2, 0) is 17.6 Å². The van der Waals surface area contributed by atoms with Crippen LogP contribution in [0.2, 0.25) is 0 Å². The molecule has 14 heavy (non-hydrogen) atoms. The Kier molecular flexibility index (Phi) is 2.25. The van der Waals surface area contributed by atoms with Crippen LogP contribution in [0.5, 0.6) is 0 Å². The van der Waals surface area contributed by atoms with E-state index in [9.17, 15) is 4.79 Å². The van der Waals surface area contributed by atoms with Crippen molar-refractivity contribution in [3.8, 4) is 0 Å². The average molecular weight is 191 g/mol. The Bertz CT molecular complexity index is 374. The number of methoxy groups -OCH3 is 1. The highest BCUT2D eigenvalue weighted by molar-refractivity contribution is 5.89. The van der Waals surface area contributed by atoms with Gasteiger partial charge in [0.25, 0.3) is 0 Å². The highest BCUT2D eigenvalue weighted by Gasteiger charge is 2.19. The number of carbonyl (C=O) groups excluding carboxylic acids is 1. The first-order valence-corrected chi connectivity index (χ1v) is 4.66. The molecule has 0 amide bonds. The van der Waals surface area contributed by atoms with Gasteiger partial charge in [0.2, 0.25) is 0 Å². The Balaban J connectivity index is 2.33. The lowest BCUT2D eigenvalue weighted by molar-refractivity contribution is 0.0600. The third-order valence-electron chi connectivity index (χ3n) is 2.59. The molecule has 0 heterocycles. The third kappa shape index (κ3) is 1.51. The number of carbonyl (C=O) groups is 1. The number of benzene rings is 1. The molecule has 0 aromatic heterocycles. The molecule has 1 unspecified atom stereocenters. The van der Waals surface area contributed by atoms with Crippen molar-refractivity contribution < 1.29 is 9.53 Å². The molecule has 0 radical (unpaired) electrons. The highest BCUT2D eigenvalue weighted by Crippen LogP contribution is 2.22. The first-order chi connectivity index (χ1) is 6.70. The van der Waals surface area contributed by atoms with E-state index < -0.39 is 0 Å². The first kappa shape index (κ1) is 9.21. The number of nitrogens with two attached hydrogens (primary N) is 1. The minimum absolute atomic E-state index is 0.206. The van der Waals surface area contributed by atoms with Gasteiger partial charge in [0, 0.05) is 6.04 Å². The van der Waals surface area contributed by atoms with Crippen LogP contribution in [-0.4, -0.2) is 19.1 Å². The Hall–Kier alpha value is -1.35. The summed E-state index contributed by atoms with van der Waals surface area (Å²) < 4.78 is 4.65. The fourth-order valence-corrected chi connectivity index (χ4v) is 1.90. The predicted molar refractivity (Wildman–Crippen MR) is 53.2 cm³/mol. The highest BCUT2D eigenvalue weighted by atomic mass is 16.5. The number of rotatable bonds is 1. The Labute approximate surface area is 82.9 Å². The predicted octanol–water partition coefficient (Wildman–Crippen LogP) is 0.899. The largest absolute Gasteiger partial charge is 0.465 e. The van der Waals surface area contributed by atoms with Gasteiger partial charge in [-0.25, -0.2) is 4.79 Å². The van der Waals surface area contributed by atoms with Crippen LogP contribution in [0.4, 0.5) is 0 Å². The van der Waals surface area contributed by atoms with Gasteiger partial charge >= 0.3 is 5.97 Å². The molecule has 1 aromatic carbocycles. The second-order valence-corrected chi connectivity index (χ2v) is 3.64.